The Morgan fingerprint density at radius 3 is 2.87 bits per heavy atom. The van der Waals surface area contributed by atoms with E-state index in [-0.39, 0.29) is 11.8 Å². The molecular formula is C19H14N2O2. The second-order valence-corrected chi connectivity index (χ2v) is 5.60. The van der Waals surface area contributed by atoms with Gasteiger partial charge in [0.15, 0.2) is 0 Å². The van der Waals surface area contributed by atoms with Crippen LogP contribution in [0.5, 0.6) is 0 Å². The van der Waals surface area contributed by atoms with Gasteiger partial charge in [-0.2, -0.15) is 0 Å². The Bertz CT molecular complexity index is 949. The first kappa shape index (κ1) is 13.6. The molecule has 1 N–H and O–H groups in total. The lowest BCUT2D eigenvalue weighted by atomic mass is 10.0. The van der Waals surface area contributed by atoms with Gasteiger partial charge in [0.2, 0.25) is 5.91 Å². The molecule has 0 radical (unpaired) electrons. The van der Waals surface area contributed by atoms with Gasteiger partial charge in [-0.15, -0.1) is 5.73 Å². The predicted molar refractivity (Wildman–Crippen MR) is 90.7 cm³/mol. The Labute approximate surface area is 133 Å². The van der Waals surface area contributed by atoms with Crippen LogP contribution < -0.4 is 10.2 Å². The maximum Gasteiger partial charge on any atom is 0.259 e. The zero-order chi connectivity index (χ0) is 16.0. The van der Waals surface area contributed by atoms with E-state index in [0.717, 1.165) is 28.5 Å². The summed E-state index contributed by atoms with van der Waals surface area (Å²) in [6.07, 6.45) is 4.08. The van der Waals surface area contributed by atoms with Crippen molar-refractivity contribution in [1.29, 1.82) is 0 Å². The van der Waals surface area contributed by atoms with Gasteiger partial charge in [-0.3, -0.25) is 9.59 Å². The molecule has 23 heavy (non-hydrogen) atoms. The minimum atomic E-state index is -0.267. The van der Waals surface area contributed by atoms with Crippen molar-refractivity contribution in [3.8, 4) is 0 Å². The second-order valence-electron chi connectivity index (χ2n) is 5.60. The number of nitrogens with one attached hydrogen (secondary N) is 1. The average Bonchev–Trinajstić information content (AvgIpc) is 2.80. The molecule has 2 aliphatic rings. The molecule has 1 heterocycles. The SMILES string of the molecule is C=CC(=O)Nc1ccc2c3c(cccc13)C(=O)N2CC1=C=CC1. The summed E-state index contributed by atoms with van der Waals surface area (Å²) in [5, 5.41) is 4.56. The summed E-state index contributed by atoms with van der Waals surface area (Å²) >= 11 is 0. The molecule has 2 amide bonds. The second kappa shape index (κ2) is 4.97. The third-order valence-corrected chi connectivity index (χ3v) is 4.23. The van der Waals surface area contributed by atoms with Crippen LogP contribution >= 0.6 is 0 Å². The van der Waals surface area contributed by atoms with Gasteiger partial charge >= 0.3 is 0 Å². The maximum atomic E-state index is 12.7. The molecule has 1 aliphatic carbocycles. The quantitative estimate of drug-likeness (QED) is 0.695. The Balaban J connectivity index is 1.86. The lowest BCUT2D eigenvalue weighted by Gasteiger charge is -2.20. The number of anilines is 2. The van der Waals surface area contributed by atoms with Crippen LogP contribution in [-0.4, -0.2) is 18.4 Å². The number of hydrogen-bond acceptors (Lipinski definition) is 2. The van der Waals surface area contributed by atoms with Gasteiger partial charge in [0.1, 0.15) is 0 Å². The first-order chi connectivity index (χ1) is 11.2. The number of amides is 2. The molecule has 2 aromatic rings. The van der Waals surface area contributed by atoms with Gasteiger partial charge in [-0.25, -0.2) is 0 Å². The Morgan fingerprint density at radius 1 is 1.35 bits per heavy atom. The molecule has 0 atom stereocenters. The van der Waals surface area contributed by atoms with E-state index in [9.17, 15) is 9.59 Å². The van der Waals surface area contributed by atoms with Gasteiger partial charge in [0.05, 0.1) is 12.2 Å². The van der Waals surface area contributed by atoms with E-state index < -0.39 is 0 Å². The Kier molecular flexibility index (Phi) is 2.93. The number of hydrogen-bond donors (Lipinski definition) is 1. The zero-order valence-electron chi connectivity index (χ0n) is 12.4. The van der Waals surface area contributed by atoms with Gasteiger partial charge in [0, 0.05) is 28.4 Å². The van der Waals surface area contributed by atoms with Crippen LogP contribution in [0.2, 0.25) is 0 Å². The van der Waals surface area contributed by atoms with Crippen molar-refractivity contribution >= 4 is 34.0 Å². The molecule has 0 aromatic heterocycles. The molecular weight excluding hydrogens is 288 g/mol. The van der Waals surface area contributed by atoms with Gasteiger partial charge in [-0.05, 0) is 35.9 Å². The van der Waals surface area contributed by atoms with Crippen LogP contribution in [0, 0.1) is 0 Å². The maximum absolute atomic E-state index is 12.7. The largest absolute Gasteiger partial charge is 0.322 e. The van der Waals surface area contributed by atoms with Gasteiger partial charge in [0.25, 0.3) is 5.91 Å². The summed E-state index contributed by atoms with van der Waals surface area (Å²) in [5.74, 6) is -0.268. The smallest absolute Gasteiger partial charge is 0.259 e. The molecule has 0 saturated carbocycles. The summed E-state index contributed by atoms with van der Waals surface area (Å²) in [5.41, 5.74) is 6.51. The van der Waals surface area contributed by atoms with Crippen LogP contribution in [-0.2, 0) is 4.79 Å². The number of nitrogens with zero attached hydrogens (tertiary/aromatic N) is 1. The molecule has 2 aromatic carbocycles. The minimum Gasteiger partial charge on any atom is -0.322 e. The van der Waals surface area contributed by atoms with Crippen molar-refractivity contribution < 1.29 is 9.59 Å². The van der Waals surface area contributed by atoms with E-state index in [4.69, 9.17) is 0 Å². The third kappa shape index (κ3) is 2.00. The molecule has 0 fully saturated rings. The zero-order valence-corrected chi connectivity index (χ0v) is 12.4. The van der Waals surface area contributed by atoms with E-state index in [1.54, 1.807) is 4.90 Å². The highest BCUT2D eigenvalue weighted by Crippen LogP contribution is 2.41. The van der Waals surface area contributed by atoms with E-state index in [0.29, 0.717) is 17.8 Å². The molecule has 0 saturated heterocycles. The first-order valence-electron chi connectivity index (χ1n) is 7.43. The Morgan fingerprint density at radius 2 is 2.17 bits per heavy atom. The molecule has 0 unspecified atom stereocenters. The fraction of sp³-hybridized carbons (Fsp3) is 0.105. The van der Waals surface area contributed by atoms with Crippen molar-refractivity contribution in [3.63, 3.8) is 0 Å². The average molecular weight is 302 g/mol. The highest BCUT2D eigenvalue weighted by atomic mass is 16.2. The number of carbonyl (C=O) groups excluding carboxylic acids is 2. The fourth-order valence-electron chi connectivity index (χ4n) is 3.04. The summed E-state index contributed by atoms with van der Waals surface area (Å²) in [6.45, 7) is 4.04. The van der Waals surface area contributed by atoms with Crippen LogP contribution in [0.4, 0.5) is 11.4 Å². The molecule has 4 nitrogen and oxygen atoms in total. The molecule has 112 valence electrons. The molecule has 1 aliphatic heterocycles. The van der Waals surface area contributed by atoms with Crippen molar-refractivity contribution in [2.45, 2.75) is 6.42 Å². The van der Waals surface area contributed by atoms with Crippen LogP contribution in [0.1, 0.15) is 16.8 Å². The van der Waals surface area contributed by atoms with Crippen LogP contribution in [0.25, 0.3) is 10.8 Å². The predicted octanol–water partition coefficient (Wildman–Crippen LogP) is 3.41. The summed E-state index contributed by atoms with van der Waals surface area (Å²) in [4.78, 5) is 26.1. The van der Waals surface area contributed by atoms with E-state index in [2.05, 4.69) is 17.6 Å². The fourth-order valence-corrected chi connectivity index (χ4v) is 3.04. The molecule has 4 rings (SSSR count). The summed E-state index contributed by atoms with van der Waals surface area (Å²) < 4.78 is 0. The highest BCUT2D eigenvalue weighted by Gasteiger charge is 2.31. The number of benzene rings is 2. The molecule has 0 spiro atoms. The standard InChI is InChI=1S/C19H14N2O2/c1-2-17(22)20-15-9-10-16-18-13(15)7-4-8-14(18)19(23)21(16)11-12-5-3-6-12/h2-4,7-10H,1,5,11H2,(H,20,22). The lowest BCUT2D eigenvalue weighted by Crippen LogP contribution is -2.29. The monoisotopic (exact) mass is 302 g/mol. The minimum absolute atomic E-state index is 0.000928. The number of carbonyl (C=O) groups is 2. The number of rotatable bonds is 4. The lowest BCUT2D eigenvalue weighted by molar-refractivity contribution is -0.111. The van der Waals surface area contributed by atoms with Crippen molar-refractivity contribution in [1.82, 2.24) is 0 Å². The first-order valence-corrected chi connectivity index (χ1v) is 7.43. The Hall–Kier alpha value is -3.10. The van der Waals surface area contributed by atoms with Gasteiger partial charge in [-0.1, -0.05) is 18.7 Å². The van der Waals surface area contributed by atoms with E-state index in [1.807, 2.05) is 36.4 Å². The molecule has 4 heteroatoms. The normalized spacial score (nSPS) is 14.7. The van der Waals surface area contributed by atoms with E-state index in [1.165, 1.54) is 6.08 Å². The van der Waals surface area contributed by atoms with E-state index >= 15 is 0 Å². The summed E-state index contributed by atoms with van der Waals surface area (Å²) in [7, 11) is 0. The highest BCUT2D eigenvalue weighted by molar-refractivity contribution is 6.27. The van der Waals surface area contributed by atoms with Crippen LogP contribution in [0.3, 0.4) is 0 Å². The molecule has 0 bridgehead atoms. The third-order valence-electron chi connectivity index (χ3n) is 4.23. The van der Waals surface area contributed by atoms with Gasteiger partial charge < -0.3 is 10.2 Å². The summed E-state index contributed by atoms with van der Waals surface area (Å²) in [6, 6.07) is 9.31. The van der Waals surface area contributed by atoms with Crippen molar-refractivity contribution in [2.24, 2.45) is 0 Å². The van der Waals surface area contributed by atoms with Crippen molar-refractivity contribution in [3.05, 3.63) is 65.9 Å². The topological polar surface area (TPSA) is 49.4 Å². The van der Waals surface area contributed by atoms with Crippen molar-refractivity contribution in [2.75, 3.05) is 16.8 Å². The van der Waals surface area contributed by atoms with Crippen LogP contribution in [0.15, 0.2) is 60.4 Å².